The van der Waals surface area contributed by atoms with Crippen LogP contribution < -0.4 is 16.2 Å². The Hall–Kier alpha value is -4.68. The van der Waals surface area contributed by atoms with E-state index in [2.05, 4.69) is 21.7 Å². The Morgan fingerprint density at radius 2 is 1.76 bits per heavy atom. The second kappa shape index (κ2) is 12.0. The molecule has 0 spiro atoms. The highest BCUT2D eigenvalue weighted by molar-refractivity contribution is 5.94. The molecule has 9 nitrogen and oxygen atoms in total. The lowest BCUT2D eigenvalue weighted by molar-refractivity contribution is -0.121. The van der Waals surface area contributed by atoms with Crippen molar-refractivity contribution in [3.8, 4) is 17.2 Å². The number of rotatable bonds is 10. The number of aromatic nitrogens is 2. The van der Waals surface area contributed by atoms with Gasteiger partial charge in [0.25, 0.3) is 11.5 Å². The molecule has 194 valence electrons. The highest BCUT2D eigenvalue weighted by Crippen LogP contribution is 2.20. The molecule has 0 radical (unpaired) electrons. The van der Waals surface area contributed by atoms with E-state index < -0.39 is 0 Å². The summed E-state index contributed by atoms with van der Waals surface area (Å²) in [5.41, 5.74) is 4.41. The summed E-state index contributed by atoms with van der Waals surface area (Å²) in [6, 6.07) is 18.3. The fourth-order valence-electron chi connectivity index (χ4n) is 4.11. The highest BCUT2D eigenvalue weighted by atomic mass is 16.2. The monoisotopic (exact) mass is 510 g/mol. The molecule has 0 atom stereocenters. The Bertz CT molecular complexity index is 1540. The van der Waals surface area contributed by atoms with E-state index >= 15 is 0 Å². The van der Waals surface area contributed by atoms with Gasteiger partial charge in [0.1, 0.15) is 12.6 Å². The first-order chi connectivity index (χ1) is 18.3. The maximum Gasteiger partial charge on any atom is 0.251 e. The minimum Gasteiger partial charge on any atom is -0.360 e. The molecule has 2 aromatic heterocycles. The van der Waals surface area contributed by atoms with Crippen LogP contribution in [-0.2, 0) is 17.8 Å². The second-order valence-corrected chi connectivity index (χ2v) is 9.31. The lowest BCUT2D eigenvalue weighted by atomic mass is 10.0. The standard InChI is InChI=1S/C29H30N6O3/c1-34(2)14-13-31-27(36)19-35-18-23(8-10-28(35)37)21-4-6-22(7-5-21)29(38)32-12-11-20-3-9-26-25(15-20)24(16-30)17-33-26/h3-10,15,17-18,33H,11-14,19H2,1-2H3,(H,31,36)(H,32,38). The molecule has 4 aromatic rings. The van der Waals surface area contributed by atoms with Crippen molar-refractivity contribution >= 4 is 22.7 Å². The number of nitrogens with zero attached hydrogens (tertiary/aromatic N) is 3. The number of nitrogens with one attached hydrogen (secondary N) is 3. The molecular formula is C29H30N6O3. The van der Waals surface area contributed by atoms with Gasteiger partial charge >= 0.3 is 0 Å². The van der Waals surface area contributed by atoms with Crippen LogP contribution >= 0.6 is 0 Å². The number of hydrogen-bond acceptors (Lipinski definition) is 5. The fraction of sp³-hybridized carbons (Fsp3) is 0.241. The average molecular weight is 511 g/mol. The lowest BCUT2D eigenvalue weighted by Crippen LogP contribution is -2.35. The van der Waals surface area contributed by atoms with Crippen LogP contribution in [0.25, 0.3) is 22.0 Å². The molecule has 9 heteroatoms. The number of benzene rings is 2. The predicted octanol–water partition coefficient (Wildman–Crippen LogP) is 2.52. The molecule has 3 N–H and O–H groups in total. The normalized spacial score (nSPS) is 10.9. The van der Waals surface area contributed by atoms with Crippen molar-refractivity contribution < 1.29 is 9.59 Å². The minimum atomic E-state index is -0.257. The first-order valence-electron chi connectivity index (χ1n) is 12.3. The van der Waals surface area contributed by atoms with Crippen molar-refractivity contribution in [2.45, 2.75) is 13.0 Å². The SMILES string of the molecule is CN(C)CCNC(=O)Cn1cc(-c2ccc(C(=O)NCCc3ccc4[nH]cc(C#N)c4c3)cc2)ccc1=O. The molecule has 0 unspecified atom stereocenters. The number of amides is 2. The molecule has 2 heterocycles. The van der Waals surface area contributed by atoms with E-state index in [4.69, 9.17) is 0 Å². The molecule has 0 bridgehead atoms. The molecule has 0 aliphatic carbocycles. The summed E-state index contributed by atoms with van der Waals surface area (Å²) in [5.74, 6) is -0.409. The van der Waals surface area contributed by atoms with Crippen molar-refractivity contribution in [1.82, 2.24) is 25.1 Å². The van der Waals surface area contributed by atoms with E-state index in [1.54, 1.807) is 30.6 Å². The molecule has 2 amide bonds. The van der Waals surface area contributed by atoms with Crippen molar-refractivity contribution in [3.63, 3.8) is 0 Å². The second-order valence-electron chi connectivity index (χ2n) is 9.31. The minimum absolute atomic E-state index is 0.0601. The van der Waals surface area contributed by atoms with Gasteiger partial charge in [0.05, 0.1) is 5.56 Å². The van der Waals surface area contributed by atoms with Gasteiger partial charge in [-0.1, -0.05) is 18.2 Å². The molecule has 0 aliphatic heterocycles. The van der Waals surface area contributed by atoms with Crippen LogP contribution in [0.2, 0.25) is 0 Å². The number of nitriles is 1. The number of carbonyl (C=O) groups is 2. The third-order valence-electron chi connectivity index (χ3n) is 6.22. The summed E-state index contributed by atoms with van der Waals surface area (Å²) in [6.45, 7) is 1.62. The predicted molar refractivity (Wildman–Crippen MR) is 147 cm³/mol. The zero-order valence-corrected chi connectivity index (χ0v) is 21.5. The molecule has 0 aliphatic rings. The zero-order valence-electron chi connectivity index (χ0n) is 21.5. The molecule has 38 heavy (non-hydrogen) atoms. The van der Waals surface area contributed by atoms with E-state index in [9.17, 15) is 19.6 Å². The Labute approximate surface area is 220 Å². The lowest BCUT2D eigenvalue weighted by Gasteiger charge is -2.12. The molecule has 0 saturated carbocycles. The number of pyridine rings is 1. The van der Waals surface area contributed by atoms with Crippen LogP contribution in [0.3, 0.4) is 0 Å². The van der Waals surface area contributed by atoms with Gasteiger partial charge in [-0.25, -0.2) is 0 Å². The third-order valence-corrected chi connectivity index (χ3v) is 6.22. The first-order valence-corrected chi connectivity index (χ1v) is 12.3. The van der Waals surface area contributed by atoms with Gasteiger partial charge in [-0.15, -0.1) is 0 Å². The smallest absolute Gasteiger partial charge is 0.251 e. The van der Waals surface area contributed by atoms with Gasteiger partial charge in [0.15, 0.2) is 0 Å². The quantitative estimate of drug-likeness (QED) is 0.303. The Morgan fingerprint density at radius 3 is 2.50 bits per heavy atom. The molecule has 0 saturated heterocycles. The molecule has 0 fully saturated rings. The van der Waals surface area contributed by atoms with Gasteiger partial charge < -0.3 is 25.1 Å². The third kappa shape index (κ3) is 6.55. The van der Waals surface area contributed by atoms with Crippen molar-refractivity contribution in [1.29, 1.82) is 5.26 Å². The summed E-state index contributed by atoms with van der Waals surface area (Å²) in [6.07, 6.45) is 3.99. The van der Waals surface area contributed by atoms with Gasteiger partial charge in [-0.05, 0) is 67.5 Å². The summed E-state index contributed by atoms with van der Waals surface area (Å²) in [5, 5.41) is 15.8. The summed E-state index contributed by atoms with van der Waals surface area (Å²) < 4.78 is 1.38. The van der Waals surface area contributed by atoms with E-state index in [0.29, 0.717) is 37.2 Å². The number of H-pyrrole nitrogens is 1. The molecule has 2 aromatic carbocycles. The average Bonchev–Trinajstić information content (AvgIpc) is 3.32. The largest absolute Gasteiger partial charge is 0.360 e. The summed E-state index contributed by atoms with van der Waals surface area (Å²) >= 11 is 0. The van der Waals surface area contributed by atoms with Gasteiger partial charge in [-0.2, -0.15) is 5.26 Å². The van der Waals surface area contributed by atoms with Crippen LogP contribution in [0, 0.1) is 11.3 Å². The van der Waals surface area contributed by atoms with Crippen molar-refractivity contribution in [3.05, 3.63) is 94.0 Å². The summed E-state index contributed by atoms with van der Waals surface area (Å²) in [7, 11) is 3.85. The van der Waals surface area contributed by atoms with E-state index in [1.165, 1.54) is 10.6 Å². The Kier molecular flexibility index (Phi) is 8.36. The van der Waals surface area contributed by atoms with Crippen LogP contribution in [0.1, 0.15) is 21.5 Å². The molecular weight excluding hydrogens is 480 g/mol. The number of carbonyl (C=O) groups excluding carboxylic acids is 2. The highest BCUT2D eigenvalue weighted by Gasteiger charge is 2.10. The van der Waals surface area contributed by atoms with Crippen LogP contribution in [-0.4, -0.2) is 60.0 Å². The maximum atomic E-state index is 12.7. The van der Waals surface area contributed by atoms with Gasteiger partial charge in [0, 0.05) is 54.6 Å². The molecule has 4 rings (SSSR count). The van der Waals surface area contributed by atoms with E-state index in [0.717, 1.165) is 27.6 Å². The van der Waals surface area contributed by atoms with Crippen LogP contribution in [0.4, 0.5) is 0 Å². The van der Waals surface area contributed by atoms with E-state index in [-0.39, 0.29) is 23.9 Å². The topological polar surface area (TPSA) is 123 Å². The van der Waals surface area contributed by atoms with E-state index in [1.807, 2.05) is 49.3 Å². The Balaban J connectivity index is 1.34. The number of fused-ring (bicyclic) bond motifs is 1. The van der Waals surface area contributed by atoms with Crippen LogP contribution in [0.15, 0.2) is 71.8 Å². The zero-order chi connectivity index (χ0) is 27.1. The number of aromatic amines is 1. The number of likely N-dealkylation sites (N-methyl/N-ethyl adjacent to an activating group) is 1. The summed E-state index contributed by atoms with van der Waals surface area (Å²) in [4.78, 5) is 42.2. The first kappa shape index (κ1) is 26.4. The van der Waals surface area contributed by atoms with Gasteiger partial charge in [-0.3, -0.25) is 14.4 Å². The van der Waals surface area contributed by atoms with Crippen molar-refractivity contribution in [2.75, 3.05) is 33.7 Å². The van der Waals surface area contributed by atoms with Crippen LogP contribution in [0.5, 0.6) is 0 Å². The maximum absolute atomic E-state index is 12.7. The van der Waals surface area contributed by atoms with Crippen molar-refractivity contribution in [2.24, 2.45) is 0 Å². The fourth-order valence-corrected chi connectivity index (χ4v) is 4.11. The van der Waals surface area contributed by atoms with Gasteiger partial charge in [0.2, 0.25) is 5.91 Å². The number of hydrogen-bond donors (Lipinski definition) is 3. The Morgan fingerprint density at radius 1 is 1.00 bits per heavy atom.